The average molecular weight is 334 g/mol. The van der Waals surface area contributed by atoms with Gasteiger partial charge in [-0.05, 0) is 31.2 Å². The number of nitrogens with one attached hydrogen (secondary N) is 1. The van der Waals surface area contributed by atoms with E-state index in [0.717, 1.165) is 32.4 Å². The zero-order chi connectivity index (χ0) is 17.5. The van der Waals surface area contributed by atoms with E-state index in [1.807, 2.05) is 35.7 Å². The Labute approximate surface area is 144 Å². The highest BCUT2D eigenvalue weighted by molar-refractivity contribution is 5.82. The van der Waals surface area contributed by atoms with Gasteiger partial charge in [0.25, 0.3) is 0 Å². The minimum atomic E-state index is -0.0799. The lowest BCUT2D eigenvalue weighted by Crippen LogP contribution is -2.47. The van der Waals surface area contributed by atoms with Gasteiger partial charge < -0.3 is 10.2 Å². The number of nitrogens with zero attached hydrogens (tertiary/aromatic N) is 3. The van der Waals surface area contributed by atoms with Crippen molar-refractivity contribution in [1.82, 2.24) is 20.0 Å². The summed E-state index contributed by atoms with van der Waals surface area (Å²) in [5, 5.41) is 7.24. The molecule has 2 heterocycles. The first-order valence-electron chi connectivity index (χ1n) is 9.05. The molecular weight excluding hydrogens is 304 g/mol. The van der Waals surface area contributed by atoms with Crippen molar-refractivity contribution in [2.24, 2.45) is 17.8 Å². The summed E-state index contributed by atoms with van der Waals surface area (Å²) in [5.74, 6) is 0.533. The molecule has 6 heteroatoms. The van der Waals surface area contributed by atoms with Crippen molar-refractivity contribution in [3.05, 3.63) is 18.5 Å². The van der Waals surface area contributed by atoms with E-state index in [-0.39, 0.29) is 23.7 Å². The highest BCUT2D eigenvalue weighted by Gasteiger charge is 2.29. The van der Waals surface area contributed by atoms with E-state index < -0.39 is 0 Å². The van der Waals surface area contributed by atoms with Gasteiger partial charge in [0.05, 0.1) is 5.92 Å². The van der Waals surface area contributed by atoms with Crippen LogP contribution in [0.25, 0.3) is 0 Å². The molecule has 0 bridgehead atoms. The molecule has 134 valence electrons. The van der Waals surface area contributed by atoms with Crippen molar-refractivity contribution in [2.45, 2.75) is 46.6 Å². The van der Waals surface area contributed by atoms with Gasteiger partial charge in [0, 0.05) is 44.5 Å². The molecule has 3 unspecified atom stereocenters. The van der Waals surface area contributed by atoms with Crippen LogP contribution in [0, 0.1) is 17.8 Å². The molecule has 1 aliphatic heterocycles. The van der Waals surface area contributed by atoms with E-state index >= 15 is 0 Å². The van der Waals surface area contributed by atoms with Crippen molar-refractivity contribution in [1.29, 1.82) is 0 Å². The van der Waals surface area contributed by atoms with Crippen LogP contribution in [0.1, 0.15) is 40.0 Å². The van der Waals surface area contributed by atoms with Gasteiger partial charge >= 0.3 is 0 Å². The summed E-state index contributed by atoms with van der Waals surface area (Å²) in [6, 6.07) is 1.90. The van der Waals surface area contributed by atoms with Gasteiger partial charge in [-0.3, -0.25) is 14.3 Å². The van der Waals surface area contributed by atoms with E-state index in [4.69, 9.17) is 0 Å². The highest BCUT2D eigenvalue weighted by Crippen LogP contribution is 2.19. The van der Waals surface area contributed by atoms with Gasteiger partial charge in [0.2, 0.25) is 11.8 Å². The third kappa shape index (κ3) is 5.08. The summed E-state index contributed by atoms with van der Waals surface area (Å²) < 4.78 is 1.88. The predicted octanol–water partition coefficient (Wildman–Crippen LogP) is 1.92. The van der Waals surface area contributed by atoms with Gasteiger partial charge in [-0.2, -0.15) is 5.10 Å². The molecule has 1 aromatic heterocycles. The molecule has 1 fully saturated rings. The number of aromatic nitrogens is 2. The van der Waals surface area contributed by atoms with Gasteiger partial charge in [-0.25, -0.2) is 0 Å². The number of carbonyl (C=O) groups excluding carboxylic acids is 2. The number of likely N-dealkylation sites (tertiary alicyclic amines) is 1. The molecule has 0 aliphatic carbocycles. The van der Waals surface area contributed by atoms with Crippen LogP contribution in [0.3, 0.4) is 0 Å². The van der Waals surface area contributed by atoms with E-state index in [1.54, 1.807) is 6.20 Å². The van der Waals surface area contributed by atoms with Crippen molar-refractivity contribution in [3.8, 4) is 0 Å². The largest absolute Gasteiger partial charge is 0.355 e. The van der Waals surface area contributed by atoms with Gasteiger partial charge in [0.15, 0.2) is 0 Å². The Hall–Kier alpha value is -1.85. The van der Waals surface area contributed by atoms with Gasteiger partial charge in [-0.15, -0.1) is 0 Å². The summed E-state index contributed by atoms with van der Waals surface area (Å²) in [4.78, 5) is 26.6. The van der Waals surface area contributed by atoms with Gasteiger partial charge in [0.1, 0.15) is 0 Å². The molecule has 1 N–H and O–H groups in total. The molecule has 1 aromatic rings. The number of carbonyl (C=O) groups is 2. The maximum Gasteiger partial charge on any atom is 0.225 e. The Kier molecular flexibility index (Phi) is 6.82. The second-order valence-electron chi connectivity index (χ2n) is 7.01. The van der Waals surface area contributed by atoms with Crippen LogP contribution in [0.2, 0.25) is 0 Å². The fraction of sp³-hybridized carbons (Fsp3) is 0.722. The molecule has 0 radical (unpaired) electrons. The van der Waals surface area contributed by atoms with Crippen molar-refractivity contribution >= 4 is 11.8 Å². The molecule has 0 saturated carbocycles. The fourth-order valence-corrected chi connectivity index (χ4v) is 3.09. The summed E-state index contributed by atoms with van der Waals surface area (Å²) in [7, 11) is 0. The molecule has 2 rings (SSSR count). The summed E-state index contributed by atoms with van der Waals surface area (Å²) >= 11 is 0. The maximum absolute atomic E-state index is 12.4. The Morgan fingerprint density at radius 3 is 2.83 bits per heavy atom. The standard InChI is InChI=1S/C18H30N4O2/c1-4-15(3)18(24)21-9-5-7-16(13-21)17(23)19-11-14(2)12-22-10-6-8-20-22/h6,8,10,14-16H,4-5,7,9,11-13H2,1-3H3,(H,19,23). The van der Waals surface area contributed by atoms with Gasteiger partial charge in [-0.1, -0.05) is 20.8 Å². The van der Waals surface area contributed by atoms with Crippen LogP contribution >= 0.6 is 0 Å². The lowest BCUT2D eigenvalue weighted by molar-refractivity contribution is -0.139. The molecule has 6 nitrogen and oxygen atoms in total. The minimum absolute atomic E-state index is 0.0425. The molecule has 0 aromatic carbocycles. The van der Waals surface area contributed by atoms with Crippen LogP contribution in [0.5, 0.6) is 0 Å². The number of hydrogen-bond acceptors (Lipinski definition) is 3. The zero-order valence-corrected chi connectivity index (χ0v) is 15.1. The number of piperidine rings is 1. The highest BCUT2D eigenvalue weighted by atomic mass is 16.2. The Balaban J connectivity index is 1.78. The fourth-order valence-electron chi connectivity index (χ4n) is 3.09. The summed E-state index contributed by atoms with van der Waals surface area (Å²) in [5.41, 5.74) is 0. The molecular formula is C18H30N4O2. The molecule has 0 spiro atoms. The van der Waals surface area contributed by atoms with Crippen LogP contribution in [0.4, 0.5) is 0 Å². The SMILES string of the molecule is CCC(C)C(=O)N1CCCC(C(=O)NCC(C)Cn2cccn2)C1. The smallest absolute Gasteiger partial charge is 0.225 e. The molecule has 1 aliphatic rings. The van der Waals surface area contributed by atoms with E-state index in [1.165, 1.54) is 0 Å². The Morgan fingerprint density at radius 2 is 2.17 bits per heavy atom. The number of hydrogen-bond donors (Lipinski definition) is 1. The zero-order valence-electron chi connectivity index (χ0n) is 15.1. The third-order valence-corrected chi connectivity index (χ3v) is 4.82. The molecule has 24 heavy (non-hydrogen) atoms. The normalized spacial score (nSPS) is 20.5. The monoisotopic (exact) mass is 334 g/mol. The molecule has 1 saturated heterocycles. The first kappa shape index (κ1) is 18.5. The molecule has 2 amide bonds. The van der Waals surface area contributed by atoms with E-state index in [0.29, 0.717) is 19.0 Å². The van der Waals surface area contributed by atoms with Crippen LogP contribution in [0.15, 0.2) is 18.5 Å². The maximum atomic E-state index is 12.4. The van der Waals surface area contributed by atoms with Crippen molar-refractivity contribution < 1.29 is 9.59 Å². The first-order chi connectivity index (χ1) is 11.5. The van der Waals surface area contributed by atoms with Crippen LogP contribution in [-0.4, -0.2) is 46.1 Å². The lowest BCUT2D eigenvalue weighted by Gasteiger charge is -2.33. The topological polar surface area (TPSA) is 67.2 Å². The Bertz CT molecular complexity index is 529. The van der Waals surface area contributed by atoms with Crippen LogP contribution < -0.4 is 5.32 Å². The average Bonchev–Trinajstić information content (AvgIpc) is 3.11. The second-order valence-corrected chi connectivity index (χ2v) is 7.01. The number of amides is 2. The van der Waals surface area contributed by atoms with E-state index in [2.05, 4.69) is 17.3 Å². The van der Waals surface area contributed by atoms with Crippen LogP contribution in [-0.2, 0) is 16.1 Å². The quantitative estimate of drug-likeness (QED) is 0.828. The second kappa shape index (κ2) is 8.85. The third-order valence-electron chi connectivity index (χ3n) is 4.82. The minimum Gasteiger partial charge on any atom is -0.355 e. The molecule has 3 atom stereocenters. The first-order valence-corrected chi connectivity index (χ1v) is 9.05. The Morgan fingerprint density at radius 1 is 1.38 bits per heavy atom. The summed E-state index contributed by atoms with van der Waals surface area (Å²) in [6.45, 7) is 8.85. The van der Waals surface area contributed by atoms with Crippen molar-refractivity contribution in [3.63, 3.8) is 0 Å². The number of rotatable bonds is 7. The lowest BCUT2D eigenvalue weighted by atomic mass is 9.95. The summed E-state index contributed by atoms with van der Waals surface area (Å²) in [6.07, 6.45) is 6.30. The predicted molar refractivity (Wildman–Crippen MR) is 93.2 cm³/mol. The van der Waals surface area contributed by atoms with E-state index in [9.17, 15) is 9.59 Å². The van der Waals surface area contributed by atoms with Crippen molar-refractivity contribution in [2.75, 3.05) is 19.6 Å².